The molecule has 0 spiro atoms. The summed E-state index contributed by atoms with van der Waals surface area (Å²) in [5, 5.41) is 0. The Bertz CT molecular complexity index is 362. The highest BCUT2D eigenvalue weighted by atomic mass is 19.1. The quantitative estimate of drug-likeness (QED) is 0.788. The summed E-state index contributed by atoms with van der Waals surface area (Å²) >= 11 is 0. The molecule has 0 saturated carbocycles. The molecule has 0 radical (unpaired) electrons. The topological polar surface area (TPSA) is 20.3 Å². The van der Waals surface area contributed by atoms with Crippen molar-refractivity contribution in [3.8, 4) is 0 Å². The maximum Gasteiger partial charge on any atom is 0.227 e. The highest BCUT2D eigenvalue weighted by Crippen LogP contribution is 2.10. The molecule has 94 valence electrons. The van der Waals surface area contributed by atoms with Gasteiger partial charge in [0.05, 0.1) is 6.42 Å². The van der Waals surface area contributed by atoms with E-state index < -0.39 is 0 Å². The first-order valence-electron chi connectivity index (χ1n) is 5.97. The zero-order valence-electron chi connectivity index (χ0n) is 10.9. The fourth-order valence-electron chi connectivity index (χ4n) is 2.04. The number of hydrogen-bond donors (Lipinski definition) is 0. The molecule has 0 bridgehead atoms. The molecular formula is C14H20FNO. The summed E-state index contributed by atoms with van der Waals surface area (Å²) in [5.74, 6) is -0.188. The first kappa shape index (κ1) is 13.7. The van der Waals surface area contributed by atoms with E-state index in [0.717, 1.165) is 5.56 Å². The first-order chi connectivity index (χ1) is 7.91. The van der Waals surface area contributed by atoms with Crippen molar-refractivity contribution < 1.29 is 9.18 Å². The Morgan fingerprint density at radius 2 is 1.59 bits per heavy atom. The van der Waals surface area contributed by atoms with Gasteiger partial charge in [0.25, 0.3) is 0 Å². The minimum atomic E-state index is -0.272. The van der Waals surface area contributed by atoms with Gasteiger partial charge in [0.15, 0.2) is 0 Å². The fraction of sp³-hybridized carbons (Fsp3) is 0.500. The van der Waals surface area contributed by atoms with Gasteiger partial charge in [0, 0.05) is 12.1 Å². The number of amides is 1. The van der Waals surface area contributed by atoms with Gasteiger partial charge >= 0.3 is 0 Å². The van der Waals surface area contributed by atoms with Gasteiger partial charge in [-0.3, -0.25) is 4.79 Å². The molecule has 1 aromatic carbocycles. The molecule has 0 fully saturated rings. The number of hydrogen-bond acceptors (Lipinski definition) is 1. The van der Waals surface area contributed by atoms with Crippen LogP contribution in [0.2, 0.25) is 0 Å². The SMILES string of the molecule is CC(C)N(C(=O)Cc1ccc(F)cc1)C(C)C. The fourth-order valence-corrected chi connectivity index (χ4v) is 2.04. The van der Waals surface area contributed by atoms with Crippen molar-refractivity contribution in [3.63, 3.8) is 0 Å². The van der Waals surface area contributed by atoms with Crippen LogP contribution in [0.15, 0.2) is 24.3 Å². The lowest BCUT2D eigenvalue weighted by Gasteiger charge is -2.30. The summed E-state index contributed by atoms with van der Waals surface area (Å²) in [4.78, 5) is 14.0. The van der Waals surface area contributed by atoms with Crippen LogP contribution in [0.3, 0.4) is 0 Å². The molecule has 0 aromatic heterocycles. The van der Waals surface area contributed by atoms with E-state index >= 15 is 0 Å². The average molecular weight is 237 g/mol. The third-order valence-electron chi connectivity index (χ3n) is 2.67. The molecule has 2 nitrogen and oxygen atoms in total. The number of nitrogens with zero attached hydrogens (tertiary/aromatic N) is 1. The predicted molar refractivity (Wildman–Crippen MR) is 67.2 cm³/mol. The van der Waals surface area contributed by atoms with Crippen LogP contribution in [-0.4, -0.2) is 22.9 Å². The summed E-state index contributed by atoms with van der Waals surface area (Å²) in [7, 11) is 0. The Labute approximate surface area is 102 Å². The Balaban J connectivity index is 2.73. The molecular weight excluding hydrogens is 217 g/mol. The molecule has 1 rings (SSSR count). The summed E-state index contributed by atoms with van der Waals surface area (Å²) < 4.78 is 12.7. The van der Waals surface area contributed by atoms with E-state index in [1.807, 2.05) is 32.6 Å². The van der Waals surface area contributed by atoms with E-state index in [1.165, 1.54) is 12.1 Å². The molecule has 1 aromatic rings. The minimum absolute atomic E-state index is 0.0848. The van der Waals surface area contributed by atoms with Crippen LogP contribution in [0, 0.1) is 5.82 Å². The summed E-state index contributed by atoms with van der Waals surface area (Å²) in [5.41, 5.74) is 0.850. The maximum atomic E-state index is 12.7. The monoisotopic (exact) mass is 237 g/mol. The maximum absolute atomic E-state index is 12.7. The van der Waals surface area contributed by atoms with Gasteiger partial charge in [-0.15, -0.1) is 0 Å². The summed E-state index contributed by atoms with van der Waals surface area (Å²) in [6.45, 7) is 8.01. The number of carbonyl (C=O) groups excluding carboxylic acids is 1. The van der Waals surface area contributed by atoms with Gasteiger partial charge in [-0.2, -0.15) is 0 Å². The van der Waals surface area contributed by atoms with Gasteiger partial charge in [-0.05, 0) is 45.4 Å². The Morgan fingerprint density at radius 3 is 2.00 bits per heavy atom. The summed E-state index contributed by atoms with van der Waals surface area (Å²) in [6, 6.07) is 6.46. The van der Waals surface area contributed by atoms with Crippen LogP contribution in [0.4, 0.5) is 4.39 Å². The number of benzene rings is 1. The molecule has 0 aliphatic heterocycles. The van der Waals surface area contributed by atoms with Crippen LogP contribution in [0.5, 0.6) is 0 Å². The van der Waals surface area contributed by atoms with E-state index in [-0.39, 0.29) is 23.8 Å². The lowest BCUT2D eigenvalue weighted by Crippen LogP contribution is -2.42. The van der Waals surface area contributed by atoms with Gasteiger partial charge in [-0.25, -0.2) is 4.39 Å². The Kier molecular flexibility index (Phi) is 4.67. The molecule has 3 heteroatoms. The second-order valence-electron chi connectivity index (χ2n) is 4.79. The normalized spacial score (nSPS) is 11.0. The van der Waals surface area contributed by atoms with Crippen molar-refractivity contribution in [3.05, 3.63) is 35.6 Å². The molecule has 0 atom stereocenters. The third-order valence-corrected chi connectivity index (χ3v) is 2.67. The van der Waals surface area contributed by atoms with Crippen LogP contribution >= 0.6 is 0 Å². The Morgan fingerprint density at radius 1 is 1.12 bits per heavy atom. The van der Waals surface area contributed by atoms with Gasteiger partial charge in [-0.1, -0.05) is 12.1 Å². The zero-order valence-corrected chi connectivity index (χ0v) is 10.9. The molecule has 17 heavy (non-hydrogen) atoms. The predicted octanol–water partition coefficient (Wildman–Crippen LogP) is 3.01. The van der Waals surface area contributed by atoms with Crippen molar-refractivity contribution in [2.45, 2.75) is 46.2 Å². The Hall–Kier alpha value is -1.38. The molecule has 1 amide bonds. The van der Waals surface area contributed by atoms with Crippen molar-refractivity contribution >= 4 is 5.91 Å². The van der Waals surface area contributed by atoms with Gasteiger partial charge in [0.2, 0.25) is 5.91 Å². The van der Waals surface area contributed by atoms with Crippen LogP contribution in [0.25, 0.3) is 0 Å². The summed E-state index contributed by atoms with van der Waals surface area (Å²) in [6.07, 6.45) is 0.330. The van der Waals surface area contributed by atoms with Gasteiger partial charge in [0.1, 0.15) is 5.82 Å². The zero-order chi connectivity index (χ0) is 13.0. The van der Waals surface area contributed by atoms with Crippen molar-refractivity contribution in [1.82, 2.24) is 4.90 Å². The largest absolute Gasteiger partial charge is 0.338 e. The molecule has 0 aliphatic carbocycles. The smallest absolute Gasteiger partial charge is 0.227 e. The number of carbonyl (C=O) groups is 1. The molecule has 0 aliphatic rings. The second kappa shape index (κ2) is 5.80. The van der Waals surface area contributed by atoms with Gasteiger partial charge < -0.3 is 4.90 Å². The molecule has 0 N–H and O–H groups in total. The lowest BCUT2D eigenvalue weighted by molar-refractivity contribution is -0.134. The van der Waals surface area contributed by atoms with Crippen molar-refractivity contribution in [2.75, 3.05) is 0 Å². The minimum Gasteiger partial charge on any atom is -0.338 e. The van der Waals surface area contributed by atoms with E-state index in [2.05, 4.69) is 0 Å². The highest BCUT2D eigenvalue weighted by Gasteiger charge is 2.19. The van der Waals surface area contributed by atoms with E-state index in [9.17, 15) is 9.18 Å². The highest BCUT2D eigenvalue weighted by molar-refractivity contribution is 5.79. The van der Waals surface area contributed by atoms with Crippen LogP contribution in [0.1, 0.15) is 33.3 Å². The molecule has 0 unspecified atom stereocenters. The first-order valence-corrected chi connectivity index (χ1v) is 5.97. The van der Waals surface area contributed by atoms with E-state index in [0.29, 0.717) is 6.42 Å². The average Bonchev–Trinajstić information content (AvgIpc) is 2.20. The third kappa shape index (κ3) is 3.84. The van der Waals surface area contributed by atoms with Crippen molar-refractivity contribution in [2.24, 2.45) is 0 Å². The number of halogens is 1. The van der Waals surface area contributed by atoms with Crippen LogP contribution < -0.4 is 0 Å². The molecule has 0 saturated heterocycles. The standard InChI is InChI=1S/C14H20FNO/c1-10(2)16(11(3)4)14(17)9-12-5-7-13(15)8-6-12/h5-8,10-11H,9H2,1-4H3. The number of rotatable bonds is 4. The lowest BCUT2D eigenvalue weighted by atomic mass is 10.1. The van der Waals surface area contributed by atoms with Crippen molar-refractivity contribution in [1.29, 1.82) is 0 Å². The second-order valence-corrected chi connectivity index (χ2v) is 4.79. The van der Waals surface area contributed by atoms with Crippen LogP contribution in [-0.2, 0) is 11.2 Å². The van der Waals surface area contributed by atoms with E-state index in [4.69, 9.17) is 0 Å². The molecule has 0 heterocycles. The van der Waals surface area contributed by atoms with E-state index in [1.54, 1.807) is 12.1 Å².